The van der Waals surface area contributed by atoms with Crippen molar-refractivity contribution in [3.8, 4) is 12.1 Å². The molecule has 0 aliphatic heterocycles. The van der Waals surface area contributed by atoms with Crippen molar-refractivity contribution in [1.82, 2.24) is 9.97 Å². The van der Waals surface area contributed by atoms with Gasteiger partial charge in [0, 0.05) is 11.1 Å². The predicted molar refractivity (Wildman–Crippen MR) is 77.6 cm³/mol. The number of nitriles is 2. The molecule has 9 nitrogen and oxygen atoms in total. The lowest BCUT2D eigenvalue weighted by Crippen LogP contribution is -2.33. The number of hydrogen-bond acceptors (Lipinski definition) is 7. The Kier molecular flexibility index (Phi) is 4.52. The van der Waals surface area contributed by atoms with Gasteiger partial charge in [0.1, 0.15) is 18.4 Å². The zero-order valence-electron chi connectivity index (χ0n) is 11.4. The normalized spacial score (nSPS) is 9.57. The molecule has 112 valence electrons. The molecule has 0 radical (unpaired) electrons. The molecule has 1 aromatic carbocycles. The second kappa shape index (κ2) is 6.53. The Bertz CT molecular complexity index is 831. The van der Waals surface area contributed by atoms with Crippen molar-refractivity contribution in [1.29, 1.82) is 10.5 Å². The van der Waals surface area contributed by atoms with Gasteiger partial charge >= 0.3 is 7.12 Å². The van der Waals surface area contributed by atoms with E-state index in [1.807, 2.05) is 0 Å². The molecule has 0 unspecified atom stereocenters. The van der Waals surface area contributed by atoms with Gasteiger partial charge < -0.3 is 15.0 Å². The number of H-pyrrole nitrogens is 1. The molecule has 10 heteroatoms. The smallest absolute Gasteiger partial charge is 0.423 e. The Morgan fingerprint density at radius 1 is 1.35 bits per heavy atom. The molecule has 1 heterocycles. The third-order valence-corrected chi connectivity index (χ3v) is 2.91. The van der Waals surface area contributed by atoms with E-state index in [0.29, 0.717) is 6.29 Å². The third kappa shape index (κ3) is 3.24. The Hall–Kier alpha value is -3.47. The number of nitrogens with zero attached hydrogens (tertiary/aromatic N) is 3. The predicted octanol–water partition coefficient (Wildman–Crippen LogP) is -1.10. The average molecular weight is 309 g/mol. The van der Waals surface area contributed by atoms with E-state index in [1.165, 1.54) is 18.2 Å². The first-order valence-electron chi connectivity index (χ1n) is 6.17. The molecular formula is C13H8BN5O4. The number of benzene rings is 1. The standard InChI is InChI=1S/C13H8BN5O4/c15-4-10-11(5-16)18-13(17-10)19-12(21)7-1-2-9(14(22)23)8(3-7)6-20/h1-3,6,22-23H,(H2,17,18,19,21). The van der Waals surface area contributed by atoms with E-state index in [1.54, 1.807) is 12.1 Å². The van der Waals surface area contributed by atoms with Gasteiger partial charge in [0.15, 0.2) is 11.4 Å². The highest BCUT2D eigenvalue weighted by Gasteiger charge is 2.18. The third-order valence-electron chi connectivity index (χ3n) is 2.91. The number of aldehydes is 1. The molecule has 0 fully saturated rings. The van der Waals surface area contributed by atoms with Gasteiger partial charge in [-0.15, -0.1) is 0 Å². The second-order valence-electron chi connectivity index (χ2n) is 4.32. The number of carbonyl (C=O) groups excluding carboxylic acids is 2. The molecule has 0 saturated heterocycles. The minimum Gasteiger partial charge on any atom is -0.423 e. The summed E-state index contributed by atoms with van der Waals surface area (Å²) in [5.74, 6) is -0.753. The second-order valence-corrected chi connectivity index (χ2v) is 4.32. The van der Waals surface area contributed by atoms with Crippen molar-refractivity contribution in [2.24, 2.45) is 0 Å². The highest BCUT2D eigenvalue weighted by Crippen LogP contribution is 2.10. The Morgan fingerprint density at radius 3 is 2.61 bits per heavy atom. The molecule has 4 N–H and O–H groups in total. The summed E-state index contributed by atoms with van der Waals surface area (Å²) in [6.07, 6.45) is 0.389. The van der Waals surface area contributed by atoms with Crippen LogP contribution in [0.3, 0.4) is 0 Å². The van der Waals surface area contributed by atoms with Gasteiger partial charge in [-0.25, -0.2) is 4.98 Å². The summed E-state index contributed by atoms with van der Waals surface area (Å²) < 4.78 is 0. The number of imidazole rings is 1. The summed E-state index contributed by atoms with van der Waals surface area (Å²) in [4.78, 5) is 29.2. The van der Waals surface area contributed by atoms with Crippen molar-refractivity contribution in [3.05, 3.63) is 40.7 Å². The fourth-order valence-electron chi connectivity index (χ4n) is 1.83. The Balaban J connectivity index is 2.28. The van der Waals surface area contributed by atoms with Crippen LogP contribution in [0.1, 0.15) is 32.1 Å². The molecule has 0 saturated carbocycles. The Labute approximate surface area is 130 Å². The number of nitrogens with one attached hydrogen (secondary N) is 2. The van der Waals surface area contributed by atoms with Gasteiger partial charge in [0.25, 0.3) is 5.91 Å². The van der Waals surface area contributed by atoms with Gasteiger partial charge in [-0.1, -0.05) is 6.07 Å². The molecular weight excluding hydrogens is 301 g/mol. The van der Waals surface area contributed by atoms with Gasteiger partial charge in [-0.3, -0.25) is 14.9 Å². The average Bonchev–Trinajstić information content (AvgIpc) is 2.95. The quantitative estimate of drug-likeness (QED) is 0.411. The van der Waals surface area contributed by atoms with Crippen LogP contribution < -0.4 is 10.8 Å². The van der Waals surface area contributed by atoms with Crippen molar-refractivity contribution in [2.75, 3.05) is 5.32 Å². The largest absolute Gasteiger partial charge is 0.489 e. The molecule has 0 aliphatic carbocycles. The van der Waals surface area contributed by atoms with Crippen LogP contribution in [0.4, 0.5) is 5.95 Å². The topological polar surface area (TPSA) is 163 Å². The van der Waals surface area contributed by atoms with Crippen LogP contribution in [0.15, 0.2) is 18.2 Å². The molecule has 0 aliphatic rings. The van der Waals surface area contributed by atoms with Crippen LogP contribution >= 0.6 is 0 Å². The first-order chi connectivity index (χ1) is 11.0. The monoisotopic (exact) mass is 309 g/mol. The van der Waals surface area contributed by atoms with E-state index in [2.05, 4.69) is 15.3 Å². The summed E-state index contributed by atoms with van der Waals surface area (Å²) in [6, 6.07) is 7.12. The van der Waals surface area contributed by atoms with E-state index < -0.39 is 13.0 Å². The lowest BCUT2D eigenvalue weighted by molar-refractivity contribution is 0.102. The van der Waals surface area contributed by atoms with Crippen LogP contribution in [0.25, 0.3) is 0 Å². The molecule has 2 rings (SSSR count). The SMILES string of the molecule is N#Cc1nc(NC(=O)c2ccc(B(O)O)c(C=O)c2)[nH]c1C#N. The van der Waals surface area contributed by atoms with Crippen LogP contribution in [0.2, 0.25) is 0 Å². The first kappa shape index (κ1) is 15.9. The minimum absolute atomic E-state index is 0.0342. The van der Waals surface area contributed by atoms with Gasteiger partial charge in [0.05, 0.1) is 0 Å². The molecule has 0 spiro atoms. The van der Waals surface area contributed by atoms with Gasteiger partial charge in [0.2, 0.25) is 5.95 Å². The zero-order valence-corrected chi connectivity index (χ0v) is 11.4. The lowest BCUT2D eigenvalue weighted by atomic mass is 9.77. The molecule has 1 aromatic heterocycles. The summed E-state index contributed by atoms with van der Waals surface area (Å²) in [6.45, 7) is 0. The number of anilines is 1. The van der Waals surface area contributed by atoms with Crippen molar-refractivity contribution >= 4 is 30.7 Å². The van der Waals surface area contributed by atoms with E-state index in [9.17, 15) is 9.59 Å². The van der Waals surface area contributed by atoms with E-state index in [-0.39, 0.29) is 33.9 Å². The van der Waals surface area contributed by atoms with Crippen molar-refractivity contribution in [3.63, 3.8) is 0 Å². The number of hydrogen-bond donors (Lipinski definition) is 4. The molecule has 0 bridgehead atoms. The maximum atomic E-state index is 12.1. The maximum absolute atomic E-state index is 12.1. The van der Waals surface area contributed by atoms with Crippen LogP contribution in [-0.2, 0) is 0 Å². The van der Waals surface area contributed by atoms with E-state index in [4.69, 9.17) is 20.6 Å². The lowest BCUT2D eigenvalue weighted by Gasteiger charge is -2.06. The zero-order chi connectivity index (χ0) is 17.0. The maximum Gasteiger partial charge on any atom is 0.489 e. The first-order valence-corrected chi connectivity index (χ1v) is 6.17. The highest BCUT2D eigenvalue weighted by atomic mass is 16.4. The highest BCUT2D eigenvalue weighted by molar-refractivity contribution is 6.60. The number of amides is 1. The van der Waals surface area contributed by atoms with Gasteiger partial charge in [-0.2, -0.15) is 10.5 Å². The number of rotatable bonds is 4. The van der Waals surface area contributed by atoms with E-state index >= 15 is 0 Å². The van der Waals surface area contributed by atoms with Crippen LogP contribution in [0, 0.1) is 22.7 Å². The summed E-state index contributed by atoms with van der Waals surface area (Å²) in [5, 5.41) is 38.1. The van der Waals surface area contributed by atoms with Crippen molar-refractivity contribution < 1.29 is 19.6 Å². The summed E-state index contributed by atoms with van der Waals surface area (Å²) in [5.41, 5.74) is -0.272. The fourth-order valence-corrected chi connectivity index (χ4v) is 1.83. The van der Waals surface area contributed by atoms with Crippen LogP contribution in [0.5, 0.6) is 0 Å². The summed E-state index contributed by atoms with van der Waals surface area (Å²) in [7, 11) is -1.84. The molecule has 0 atom stereocenters. The number of carbonyl (C=O) groups is 2. The number of aromatic amines is 1. The van der Waals surface area contributed by atoms with Gasteiger partial charge in [-0.05, 0) is 17.6 Å². The molecule has 1 amide bonds. The van der Waals surface area contributed by atoms with Crippen molar-refractivity contribution in [2.45, 2.75) is 0 Å². The summed E-state index contributed by atoms with van der Waals surface area (Å²) >= 11 is 0. The number of aromatic nitrogens is 2. The molecule has 2 aromatic rings. The van der Waals surface area contributed by atoms with E-state index in [0.717, 1.165) is 0 Å². The van der Waals surface area contributed by atoms with Crippen LogP contribution in [-0.4, -0.2) is 39.3 Å². The Morgan fingerprint density at radius 2 is 2.09 bits per heavy atom. The fraction of sp³-hybridized carbons (Fsp3) is 0. The minimum atomic E-state index is -1.84. The molecule has 23 heavy (non-hydrogen) atoms.